The Hall–Kier alpha value is -2.50. The predicted octanol–water partition coefficient (Wildman–Crippen LogP) is 1.91. The molecule has 2 aromatic rings. The van der Waals surface area contributed by atoms with Crippen LogP contribution in [0.2, 0.25) is 0 Å². The number of benzene rings is 1. The number of hydrogen-bond acceptors (Lipinski definition) is 4. The standard InChI is InChI=1S/C12H14N4O2/c1-7-5-9(3-4-10(7)12(13)16-17)18-11-6-8(2)14-15-11/h3-6,17H,1-2H3,(H2,13,16)(H,14,15). The van der Waals surface area contributed by atoms with Crippen LogP contribution in [0, 0.1) is 13.8 Å². The van der Waals surface area contributed by atoms with E-state index in [2.05, 4.69) is 15.4 Å². The number of nitrogens with two attached hydrogens (primary N) is 1. The molecule has 0 saturated heterocycles. The molecule has 0 amide bonds. The molecule has 0 aliphatic heterocycles. The Balaban J connectivity index is 2.24. The van der Waals surface area contributed by atoms with E-state index in [1.54, 1.807) is 24.3 Å². The first-order valence-corrected chi connectivity index (χ1v) is 5.38. The van der Waals surface area contributed by atoms with Crippen LogP contribution in [0.25, 0.3) is 0 Å². The number of nitrogens with one attached hydrogen (secondary N) is 1. The summed E-state index contributed by atoms with van der Waals surface area (Å²) in [6.45, 7) is 3.75. The second-order valence-corrected chi connectivity index (χ2v) is 3.95. The average molecular weight is 246 g/mol. The van der Waals surface area contributed by atoms with Gasteiger partial charge in [0.1, 0.15) is 5.75 Å². The lowest BCUT2D eigenvalue weighted by molar-refractivity contribution is 0.318. The molecule has 0 spiro atoms. The number of aromatic amines is 1. The SMILES string of the molecule is Cc1cc(Oc2ccc(/C(N)=N/O)c(C)c2)n[nH]1. The third kappa shape index (κ3) is 2.42. The van der Waals surface area contributed by atoms with Gasteiger partial charge >= 0.3 is 0 Å². The molecular weight excluding hydrogens is 232 g/mol. The average Bonchev–Trinajstić information content (AvgIpc) is 2.74. The fourth-order valence-electron chi connectivity index (χ4n) is 1.61. The highest BCUT2D eigenvalue weighted by molar-refractivity contribution is 5.98. The minimum Gasteiger partial charge on any atom is -0.438 e. The maximum absolute atomic E-state index is 8.64. The first-order chi connectivity index (χ1) is 8.60. The summed E-state index contributed by atoms with van der Waals surface area (Å²) >= 11 is 0. The van der Waals surface area contributed by atoms with E-state index in [1.807, 2.05) is 13.8 Å². The summed E-state index contributed by atoms with van der Waals surface area (Å²) in [7, 11) is 0. The zero-order chi connectivity index (χ0) is 13.1. The molecule has 6 heteroatoms. The fourth-order valence-corrected chi connectivity index (χ4v) is 1.61. The van der Waals surface area contributed by atoms with Crippen molar-refractivity contribution in [1.29, 1.82) is 0 Å². The van der Waals surface area contributed by atoms with Crippen molar-refractivity contribution in [3.63, 3.8) is 0 Å². The topological polar surface area (TPSA) is 96.5 Å². The molecule has 1 aromatic heterocycles. The van der Waals surface area contributed by atoms with Crippen LogP contribution in [0.1, 0.15) is 16.8 Å². The molecule has 0 atom stereocenters. The molecule has 94 valence electrons. The van der Waals surface area contributed by atoms with Gasteiger partial charge in [0.05, 0.1) is 0 Å². The van der Waals surface area contributed by atoms with Crippen molar-refractivity contribution in [3.8, 4) is 11.6 Å². The second-order valence-electron chi connectivity index (χ2n) is 3.95. The summed E-state index contributed by atoms with van der Waals surface area (Å²) in [4.78, 5) is 0. The molecule has 0 aliphatic carbocycles. The number of hydrogen-bond donors (Lipinski definition) is 3. The van der Waals surface area contributed by atoms with Crippen molar-refractivity contribution < 1.29 is 9.94 Å². The molecule has 0 unspecified atom stereocenters. The maximum Gasteiger partial charge on any atom is 0.238 e. The normalized spacial score (nSPS) is 11.6. The summed E-state index contributed by atoms with van der Waals surface area (Å²) in [6.07, 6.45) is 0. The highest BCUT2D eigenvalue weighted by Gasteiger charge is 2.07. The van der Waals surface area contributed by atoms with Crippen LogP contribution in [0.3, 0.4) is 0 Å². The van der Waals surface area contributed by atoms with Gasteiger partial charge in [-0.15, -0.1) is 5.10 Å². The van der Waals surface area contributed by atoms with Gasteiger partial charge in [0.25, 0.3) is 0 Å². The van der Waals surface area contributed by atoms with E-state index in [0.29, 0.717) is 17.2 Å². The van der Waals surface area contributed by atoms with E-state index in [-0.39, 0.29) is 5.84 Å². The first kappa shape index (κ1) is 12.0. The lowest BCUT2D eigenvalue weighted by atomic mass is 10.1. The van der Waals surface area contributed by atoms with Gasteiger partial charge in [-0.25, -0.2) is 0 Å². The molecular formula is C12H14N4O2. The first-order valence-electron chi connectivity index (χ1n) is 5.38. The Kier molecular flexibility index (Phi) is 3.18. The monoisotopic (exact) mass is 246 g/mol. The van der Waals surface area contributed by atoms with E-state index in [9.17, 15) is 0 Å². The highest BCUT2D eigenvalue weighted by Crippen LogP contribution is 2.22. The van der Waals surface area contributed by atoms with E-state index < -0.39 is 0 Å². The van der Waals surface area contributed by atoms with Crippen molar-refractivity contribution in [2.75, 3.05) is 0 Å². The van der Waals surface area contributed by atoms with Gasteiger partial charge in [-0.1, -0.05) is 5.16 Å². The van der Waals surface area contributed by atoms with Crippen molar-refractivity contribution in [2.24, 2.45) is 10.9 Å². The largest absolute Gasteiger partial charge is 0.438 e. The zero-order valence-corrected chi connectivity index (χ0v) is 10.1. The molecule has 0 aliphatic rings. The third-order valence-corrected chi connectivity index (χ3v) is 2.49. The minimum absolute atomic E-state index is 0.0784. The van der Waals surface area contributed by atoms with Crippen molar-refractivity contribution in [1.82, 2.24) is 10.2 Å². The number of amidine groups is 1. The Morgan fingerprint density at radius 2 is 2.17 bits per heavy atom. The zero-order valence-electron chi connectivity index (χ0n) is 10.1. The van der Waals surface area contributed by atoms with Gasteiger partial charge in [-0.2, -0.15) is 0 Å². The highest BCUT2D eigenvalue weighted by atomic mass is 16.5. The third-order valence-electron chi connectivity index (χ3n) is 2.49. The molecule has 1 aromatic carbocycles. The lowest BCUT2D eigenvalue weighted by Crippen LogP contribution is -2.14. The lowest BCUT2D eigenvalue weighted by Gasteiger charge is -2.07. The summed E-state index contributed by atoms with van der Waals surface area (Å²) in [5, 5.41) is 18.4. The van der Waals surface area contributed by atoms with E-state index in [4.69, 9.17) is 15.7 Å². The number of ether oxygens (including phenoxy) is 1. The predicted molar refractivity (Wildman–Crippen MR) is 67.1 cm³/mol. The molecule has 4 N–H and O–H groups in total. The molecule has 18 heavy (non-hydrogen) atoms. The van der Waals surface area contributed by atoms with E-state index >= 15 is 0 Å². The number of oxime groups is 1. The summed E-state index contributed by atoms with van der Waals surface area (Å²) < 4.78 is 5.56. The van der Waals surface area contributed by atoms with Crippen molar-refractivity contribution in [2.45, 2.75) is 13.8 Å². The van der Waals surface area contributed by atoms with Crippen LogP contribution >= 0.6 is 0 Å². The van der Waals surface area contributed by atoms with Crippen LogP contribution in [0.5, 0.6) is 11.6 Å². The molecule has 6 nitrogen and oxygen atoms in total. The smallest absolute Gasteiger partial charge is 0.238 e. The van der Waals surface area contributed by atoms with Crippen LogP contribution in [0.4, 0.5) is 0 Å². The molecule has 0 bridgehead atoms. The van der Waals surface area contributed by atoms with Crippen LogP contribution < -0.4 is 10.5 Å². The number of nitrogens with zero attached hydrogens (tertiary/aromatic N) is 2. The Bertz CT molecular complexity index is 590. The van der Waals surface area contributed by atoms with E-state index in [0.717, 1.165) is 11.3 Å². The summed E-state index contributed by atoms with van der Waals surface area (Å²) in [6, 6.07) is 7.08. The number of H-pyrrole nitrogens is 1. The van der Waals surface area contributed by atoms with Gasteiger partial charge in [0, 0.05) is 17.3 Å². The van der Waals surface area contributed by atoms with Gasteiger partial charge in [-0.3, -0.25) is 5.10 Å². The van der Waals surface area contributed by atoms with Gasteiger partial charge in [-0.05, 0) is 37.6 Å². The van der Waals surface area contributed by atoms with Gasteiger partial charge in [0.2, 0.25) is 5.88 Å². The van der Waals surface area contributed by atoms with E-state index in [1.165, 1.54) is 0 Å². The van der Waals surface area contributed by atoms with Crippen molar-refractivity contribution in [3.05, 3.63) is 41.1 Å². The minimum atomic E-state index is 0.0784. The Labute approximate surface area is 104 Å². The maximum atomic E-state index is 8.64. The van der Waals surface area contributed by atoms with Crippen molar-refractivity contribution >= 4 is 5.84 Å². The molecule has 0 radical (unpaired) electrons. The Morgan fingerprint density at radius 1 is 1.39 bits per heavy atom. The van der Waals surface area contributed by atoms with Crippen LogP contribution in [0.15, 0.2) is 29.4 Å². The van der Waals surface area contributed by atoms with Gasteiger partial charge < -0.3 is 15.7 Å². The van der Waals surface area contributed by atoms with Gasteiger partial charge in [0.15, 0.2) is 5.84 Å². The number of aromatic nitrogens is 2. The number of aryl methyl sites for hydroxylation is 2. The van der Waals surface area contributed by atoms with Crippen LogP contribution in [-0.4, -0.2) is 21.2 Å². The quantitative estimate of drug-likeness (QED) is 0.333. The molecule has 0 saturated carbocycles. The van der Waals surface area contributed by atoms with Crippen LogP contribution in [-0.2, 0) is 0 Å². The summed E-state index contributed by atoms with van der Waals surface area (Å²) in [5.74, 6) is 1.23. The summed E-state index contributed by atoms with van der Waals surface area (Å²) in [5.41, 5.74) is 7.99. The molecule has 2 rings (SSSR count). The number of rotatable bonds is 3. The Morgan fingerprint density at radius 3 is 2.72 bits per heavy atom. The second kappa shape index (κ2) is 4.79. The molecule has 0 fully saturated rings. The fraction of sp³-hybridized carbons (Fsp3) is 0.167. The molecule has 1 heterocycles.